The topological polar surface area (TPSA) is 92.3 Å². The van der Waals surface area contributed by atoms with Crippen LogP contribution in [0.3, 0.4) is 0 Å². The van der Waals surface area contributed by atoms with E-state index in [1.165, 1.54) is 6.07 Å². The van der Waals surface area contributed by atoms with Crippen molar-refractivity contribution in [2.24, 2.45) is 0 Å². The first-order chi connectivity index (χ1) is 10.6. The Morgan fingerprint density at radius 2 is 2.05 bits per heavy atom. The Labute approximate surface area is 127 Å². The van der Waals surface area contributed by atoms with Gasteiger partial charge in [0.25, 0.3) is 0 Å². The molecule has 114 valence electrons. The van der Waals surface area contributed by atoms with E-state index in [2.05, 4.69) is 10.2 Å². The number of carbonyl (C=O) groups excluding carboxylic acids is 1. The van der Waals surface area contributed by atoms with Crippen molar-refractivity contribution < 1.29 is 19.4 Å². The van der Waals surface area contributed by atoms with Gasteiger partial charge in [-0.15, -0.1) is 0 Å². The lowest BCUT2D eigenvalue weighted by Crippen LogP contribution is -2.01. The van der Waals surface area contributed by atoms with Crippen molar-refractivity contribution in [3.63, 3.8) is 0 Å². The van der Waals surface area contributed by atoms with Crippen molar-refractivity contribution in [1.29, 1.82) is 0 Å². The van der Waals surface area contributed by atoms with E-state index in [-0.39, 0.29) is 18.1 Å². The van der Waals surface area contributed by atoms with Crippen molar-refractivity contribution in [2.75, 3.05) is 6.61 Å². The van der Waals surface area contributed by atoms with Gasteiger partial charge in [0, 0.05) is 5.56 Å². The number of esters is 1. The summed E-state index contributed by atoms with van der Waals surface area (Å²) in [6, 6.07) is 8.89. The molecule has 0 bridgehead atoms. The number of ether oxygens (including phenoxy) is 1. The van der Waals surface area contributed by atoms with Gasteiger partial charge in [-0.25, -0.2) is 4.79 Å². The molecule has 2 N–H and O–H groups in total. The fourth-order valence-electron chi connectivity index (χ4n) is 1.86. The Hall–Kier alpha value is -2.89. The average molecular weight is 300 g/mol. The van der Waals surface area contributed by atoms with Crippen LogP contribution in [0.2, 0.25) is 0 Å². The van der Waals surface area contributed by atoms with Gasteiger partial charge in [0.2, 0.25) is 0 Å². The van der Waals surface area contributed by atoms with E-state index in [9.17, 15) is 9.59 Å². The van der Waals surface area contributed by atoms with E-state index in [0.29, 0.717) is 12.3 Å². The number of carboxylic acid groups (broad SMARTS) is 1. The molecule has 0 aliphatic rings. The lowest BCUT2D eigenvalue weighted by molar-refractivity contribution is -0.142. The van der Waals surface area contributed by atoms with Gasteiger partial charge in [0.1, 0.15) is 5.69 Å². The van der Waals surface area contributed by atoms with Crippen molar-refractivity contribution in [1.82, 2.24) is 10.2 Å². The van der Waals surface area contributed by atoms with Gasteiger partial charge in [0.05, 0.1) is 18.7 Å². The summed E-state index contributed by atoms with van der Waals surface area (Å²) in [5, 5.41) is 15.3. The van der Waals surface area contributed by atoms with Crippen LogP contribution in [0.25, 0.3) is 17.3 Å². The summed E-state index contributed by atoms with van der Waals surface area (Å²) in [5.74, 6) is -1.30. The van der Waals surface area contributed by atoms with Gasteiger partial charge < -0.3 is 9.84 Å². The van der Waals surface area contributed by atoms with Crippen LogP contribution in [0.4, 0.5) is 0 Å². The molecule has 0 amide bonds. The second kappa shape index (κ2) is 7.21. The Balaban J connectivity index is 2.02. The highest BCUT2D eigenvalue weighted by Gasteiger charge is 2.08. The first kappa shape index (κ1) is 15.5. The molecule has 2 aromatic rings. The quantitative estimate of drug-likeness (QED) is 0.800. The number of aromatic nitrogens is 2. The van der Waals surface area contributed by atoms with Crippen LogP contribution in [-0.4, -0.2) is 33.8 Å². The number of H-pyrrole nitrogens is 1. The molecule has 0 radical (unpaired) electrons. The number of aromatic carboxylic acids is 1. The molecule has 0 unspecified atom stereocenters. The van der Waals surface area contributed by atoms with E-state index in [1.54, 1.807) is 13.0 Å². The normalized spacial score (nSPS) is 10.8. The molecule has 1 aromatic heterocycles. The molecule has 1 aromatic carbocycles. The Kier molecular flexibility index (Phi) is 5.08. The molecule has 0 spiro atoms. The van der Waals surface area contributed by atoms with Gasteiger partial charge in [0.15, 0.2) is 0 Å². The second-order valence-electron chi connectivity index (χ2n) is 4.51. The number of rotatable bonds is 6. The molecule has 1 heterocycles. The molecular weight excluding hydrogens is 284 g/mol. The average Bonchev–Trinajstić information content (AvgIpc) is 2.98. The summed E-state index contributed by atoms with van der Waals surface area (Å²) < 4.78 is 4.83. The Morgan fingerprint density at radius 3 is 2.64 bits per heavy atom. The zero-order valence-electron chi connectivity index (χ0n) is 12.1. The summed E-state index contributed by atoms with van der Waals surface area (Å²) >= 11 is 0. The maximum atomic E-state index is 11.2. The van der Waals surface area contributed by atoms with Crippen LogP contribution >= 0.6 is 0 Å². The smallest absolute Gasteiger partial charge is 0.353 e. The summed E-state index contributed by atoms with van der Waals surface area (Å²) in [4.78, 5) is 22.0. The molecular formula is C16H16N2O4. The number of hydrogen-bond donors (Lipinski definition) is 2. The lowest BCUT2D eigenvalue weighted by Gasteiger charge is -1.99. The largest absolute Gasteiger partial charge is 0.477 e. The highest BCUT2D eigenvalue weighted by atomic mass is 16.5. The highest BCUT2D eigenvalue weighted by Crippen LogP contribution is 2.19. The number of hydrogen-bond acceptors (Lipinski definition) is 4. The van der Waals surface area contributed by atoms with Gasteiger partial charge in [-0.05, 0) is 18.6 Å². The van der Waals surface area contributed by atoms with E-state index in [1.807, 2.05) is 30.3 Å². The van der Waals surface area contributed by atoms with Crippen molar-refractivity contribution >= 4 is 18.0 Å². The number of aromatic amines is 1. The third kappa shape index (κ3) is 4.05. The number of carbonyl (C=O) groups is 2. The molecule has 0 fully saturated rings. The minimum atomic E-state index is -1.04. The van der Waals surface area contributed by atoms with E-state index < -0.39 is 5.97 Å². The van der Waals surface area contributed by atoms with Crippen LogP contribution < -0.4 is 0 Å². The fourth-order valence-corrected chi connectivity index (χ4v) is 1.86. The van der Waals surface area contributed by atoms with E-state index >= 15 is 0 Å². The maximum absolute atomic E-state index is 11.2. The maximum Gasteiger partial charge on any atom is 0.353 e. The second-order valence-corrected chi connectivity index (χ2v) is 4.51. The summed E-state index contributed by atoms with van der Waals surface area (Å²) in [6.07, 6.45) is 3.80. The number of benzene rings is 1. The van der Waals surface area contributed by atoms with Gasteiger partial charge >= 0.3 is 11.9 Å². The molecule has 2 rings (SSSR count). The minimum Gasteiger partial charge on any atom is -0.477 e. The van der Waals surface area contributed by atoms with Gasteiger partial charge in [-0.2, -0.15) is 5.10 Å². The fraction of sp³-hybridized carbons (Fsp3) is 0.188. The molecule has 0 aliphatic carbocycles. The molecule has 0 saturated carbocycles. The molecule has 6 nitrogen and oxygen atoms in total. The monoisotopic (exact) mass is 300 g/mol. The predicted molar refractivity (Wildman–Crippen MR) is 81.3 cm³/mol. The van der Waals surface area contributed by atoms with Crippen LogP contribution in [0, 0.1) is 0 Å². The third-order valence-corrected chi connectivity index (χ3v) is 2.91. The number of carboxylic acids is 1. The predicted octanol–water partition coefficient (Wildman–Crippen LogP) is 2.74. The first-order valence-electron chi connectivity index (χ1n) is 6.81. The van der Waals surface area contributed by atoms with Crippen molar-refractivity contribution in [3.8, 4) is 11.3 Å². The van der Waals surface area contributed by atoms with Crippen LogP contribution in [0.15, 0.2) is 36.4 Å². The van der Waals surface area contributed by atoms with E-state index in [4.69, 9.17) is 9.84 Å². The summed E-state index contributed by atoms with van der Waals surface area (Å²) in [5.41, 5.74) is 2.36. The molecule has 0 atom stereocenters. The zero-order valence-corrected chi connectivity index (χ0v) is 12.1. The van der Waals surface area contributed by atoms with Crippen molar-refractivity contribution in [2.45, 2.75) is 13.3 Å². The Morgan fingerprint density at radius 1 is 1.32 bits per heavy atom. The van der Waals surface area contributed by atoms with Gasteiger partial charge in [-0.1, -0.05) is 36.4 Å². The zero-order chi connectivity index (χ0) is 15.9. The number of nitrogens with zero attached hydrogens (tertiary/aromatic N) is 1. The molecule has 6 heteroatoms. The standard InChI is InChI=1S/C16H16N2O4/c1-2-22-15(19)5-3-4-11-6-8-12(9-7-11)13-10-14(16(20)21)18-17-13/h3-4,6-10H,2,5H2,1H3,(H,17,18)(H,20,21). The molecule has 0 saturated heterocycles. The summed E-state index contributed by atoms with van der Waals surface area (Å²) in [7, 11) is 0. The Bertz CT molecular complexity index is 686. The highest BCUT2D eigenvalue weighted by molar-refractivity contribution is 5.86. The minimum absolute atomic E-state index is 0.0495. The van der Waals surface area contributed by atoms with Crippen LogP contribution in [0.1, 0.15) is 29.4 Å². The van der Waals surface area contributed by atoms with E-state index in [0.717, 1.165) is 11.1 Å². The number of nitrogens with one attached hydrogen (secondary N) is 1. The third-order valence-electron chi connectivity index (χ3n) is 2.91. The van der Waals surface area contributed by atoms with Crippen molar-refractivity contribution in [3.05, 3.63) is 47.7 Å². The molecule has 0 aliphatic heterocycles. The molecule has 22 heavy (non-hydrogen) atoms. The van der Waals surface area contributed by atoms with Crippen LogP contribution in [-0.2, 0) is 9.53 Å². The van der Waals surface area contributed by atoms with Crippen LogP contribution in [0.5, 0.6) is 0 Å². The SMILES string of the molecule is CCOC(=O)CC=Cc1ccc(-c2cc(C(=O)O)[nH]n2)cc1. The lowest BCUT2D eigenvalue weighted by atomic mass is 10.1. The first-order valence-corrected chi connectivity index (χ1v) is 6.81. The van der Waals surface area contributed by atoms with Gasteiger partial charge in [-0.3, -0.25) is 9.89 Å². The summed E-state index contributed by atoms with van der Waals surface area (Å²) in [6.45, 7) is 2.15.